The third kappa shape index (κ3) is 3.78. The number of rotatable bonds is 4. The summed E-state index contributed by atoms with van der Waals surface area (Å²) in [7, 11) is -3.13. The monoisotopic (exact) mass is 340 g/mol. The first-order chi connectivity index (χ1) is 8.97. The minimum Gasteiger partial charge on any atom is -0.365 e. The average molecular weight is 341 g/mol. The lowest BCUT2D eigenvalue weighted by molar-refractivity contribution is 0.602. The Morgan fingerprint density at radius 2 is 1.89 bits per heavy atom. The van der Waals surface area contributed by atoms with Gasteiger partial charge < -0.3 is 5.32 Å². The van der Waals surface area contributed by atoms with Crippen LogP contribution in [0.2, 0.25) is 0 Å². The number of aromatic nitrogens is 1. The highest BCUT2D eigenvalue weighted by Gasteiger charge is 2.06. The van der Waals surface area contributed by atoms with Crippen molar-refractivity contribution in [1.29, 1.82) is 0 Å². The molecule has 0 bridgehead atoms. The zero-order chi connectivity index (χ0) is 13.9. The number of hydrogen-bond acceptors (Lipinski definition) is 4. The molecule has 19 heavy (non-hydrogen) atoms. The van der Waals surface area contributed by atoms with Crippen LogP contribution in [-0.2, 0) is 16.4 Å². The van der Waals surface area contributed by atoms with E-state index in [2.05, 4.69) is 26.2 Å². The van der Waals surface area contributed by atoms with Crippen LogP contribution in [0.25, 0.3) is 0 Å². The van der Waals surface area contributed by atoms with Crippen LogP contribution in [0.5, 0.6) is 0 Å². The van der Waals surface area contributed by atoms with E-state index in [4.69, 9.17) is 0 Å². The molecule has 1 N–H and O–H groups in total. The van der Waals surface area contributed by atoms with Gasteiger partial charge in [-0.2, -0.15) is 0 Å². The van der Waals surface area contributed by atoms with Gasteiger partial charge in [-0.3, -0.25) is 0 Å². The van der Waals surface area contributed by atoms with Crippen LogP contribution in [-0.4, -0.2) is 19.7 Å². The molecule has 0 fully saturated rings. The summed E-state index contributed by atoms with van der Waals surface area (Å²) < 4.78 is 23.6. The molecule has 6 heteroatoms. The molecule has 0 amide bonds. The van der Waals surface area contributed by atoms with Crippen molar-refractivity contribution < 1.29 is 8.42 Å². The van der Waals surface area contributed by atoms with Gasteiger partial charge in [0.05, 0.1) is 9.37 Å². The molecular weight excluding hydrogens is 328 g/mol. The SMILES string of the molecule is CS(=O)(=O)c1ccc(CNc2ncccc2Br)cc1. The Balaban J connectivity index is 2.07. The maximum Gasteiger partial charge on any atom is 0.175 e. The molecule has 100 valence electrons. The van der Waals surface area contributed by atoms with E-state index in [-0.39, 0.29) is 0 Å². The van der Waals surface area contributed by atoms with Crippen molar-refractivity contribution in [3.8, 4) is 0 Å². The Hall–Kier alpha value is -1.40. The van der Waals surface area contributed by atoms with Gasteiger partial charge in [0, 0.05) is 19.0 Å². The normalized spacial score (nSPS) is 11.3. The molecule has 2 rings (SSSR count). The molecule has 0 aliphatic rings. The largest absolute Gasteiger partial charge is 0.365 e. The summed E-state index contributed by atoms with van der Waals surface area (Å²) >= 11 is 3.40. The van der Waals surface area contributed by atoms with Crippen molar-refractivity contribution in [3.63, 3.8) is 0 Å². The van der Waals surface area contributed by atoms with Gasteiger partial charge in [-0.05, 0) is 45.8 Å². The van der Waals surface area contributed by atoms with Crippen LogP contribution >= 0.6 is 15.9 Å². The smallest absolute Gasteiger partial charge is 0.175 e. The molecule has 4 nitrogen and oxygen atoms in total. The van der Waals surface area contributed by atoms with Crippen molar-refractivity contribution in [3.05, 3.63) is 52.6 Å². The van der Waals surface area contributed by atoms with E-state index in [0.717, 1.165) is 15.9 Å². The molecule has 0 saturated heterocycles. The lowest BCUT2D eigenvalue weighted by Gasteiger charge is -2.07. The van der Waals surface area contributed by atoms with Gasteiger partial charge in [-0.25, -0.2) is 13.4 Å². The van der Waals surface area contributed by atoms with E-state index in [0.29, 0.717) is 11.4 Å². The molecule has 0 radical (unpaired) electrons. The second-order valence-corrected chi connectivity index (χ2v) is 6.97. The van der Waals surface area contributed by atoms with Crippen LogP contribution in [0.1, 0.15) is 5.56 Å². The number of pyridine rings is 1. The van der Waals surface area contributed by atoms with E-state index in [1.165, 1.54) is 6.26 Å². The second-order valence-electron chi connectivity index (χ2n) is 4.10. The molecular formula is C13H13BrN2O2S. The Morgan fingerprint density at radius 1 is 1.21 bits per heavy atom. The van der Waals surface area contributed by atoms with Crippen molar-refractivity contribution in [2.24, 2.45) is 0 Å². The van der Waals surface area contributed by atoms with Crippen LogP contribution in [0, 0.1) is 0 Å². The topological polar surface area (TPSA) is 59.1 Å². The Labute approximate surface area is 120 Å². The maximum absolute atomic E-state index is 11.3. The molecule has 0 aliphatic heterocycles. The first-order valence-electron chi connectivity index (χ1n) is 5.60. The molecule has 0 unspecified atom stereocenters. The zero-order valence-corrected chi connectivity index (χ0v) is 12.7. The van der Waals surface area contributed by atoms with Gasteiger partial charge in [0.2, 0.25) is 0 Å². The predicted octanol–water partition coefficient (Wildman–Crippen LogP) is 2.86. The van der Waals surface area contributed by atoms with Crippen molar-refractivity contribution in [1.82, 2.24) is 4.98 Å². The lowest BCUT2D eigenvalue weighted by Crippen LogP contribution is -2.03. The molecule has 1 aromatic heterocycles. The molecule has 0 atom stereocenters. The van der Waals surface area contributed by atoms with Crippen LogP contribution in [0.4, 0.5) is 5.82 Å². The highest BCUT2D eigenvalue weighted by Crippen LogP contribution is 2.19. The maximum atomic E-state index is 11.3. The average Bonchev–Trinajstić information content (AvgIpc) is 2.37. The minimum absolute atomic E-state index is 0.329. The highest BCUT2D eigenvalue weighted by atomic mass is 79.9. The fourth-order valence-electron chi connectivity index (χ4n) is 1.56. The number of benzene rings is 1. The molecule has 1 heterocycles. The van der Waals surface area contributed by atoms with Gasteiger partial charge >= 0.3 is 0 Å². The van der Waals surface area contributed by atoms with E-state index in [9.17, 15) is 8.42 Å². The van der Waals surface area contributed by atoms with E-state index >= 15 is 0 Å². The van der Waals surface area contributed by atoms with Crippen molar-refractivity contribution in [2.75, 3.05) is 11.6 Å². The highest BCUT2D eigenvalue weighted by molar-refractivity contribution is 9.10. The first kappa shape index (κ1) is 14.0. The standard InChI is InChI=1S/C13H13BrN2O2S/c1-19(17,18)11-6-4-10(5-7-11)9-16-13-12(14)3-2-8-15-13/h2-8H,9H2,1H3,(H,15,16). The number of nitrogens with zero attached hydrogens (tertiary/aromatic N) is 1. The summed E-state index contributed by atoms with van der Waals surface area (Å²) in [6.45, 7) is 0.583. The van der Waals surface area contributed by atoms with Gasteiger partial charge in [0.15, 0.2) is 9.84 Å². The Kier molecular flexibility index (Phi) is 4.21. The molecule has 0 saturated carbocycles. The molecule has 0 aliphatic carbocycles. The molecule has 2 aromatic rings. The van der Waals surface area contributed by atoms with E-state index in [1.54, 1.807) is 30.5 Å². The summed E-state index contributed by atoms with van der Waals surface area (Å²) in [4.78, 5) is 4.53. The number of hydrogen-bond donors (Lipinski definition) is 1. The Morgan fingerprint density at radius 3 is 2.47 bits per heavy atom. The summed E-state index contributed by atoms with van der Waals surface area (Å²) in [6.07, 6.45) is 2.91. The van der Waals surface area contributed by atoms with Crippen LogP contribution in [0.3, 0.4) is 0 Å². The van der Waals surface area contributed by atoms with Gasteiger partial charge in [0.1, 0.15) is 5.82 Å². The van der Waals surface area contributed by atoms with Gasteiger partial charge in [-0.1, -0.05) is 12.1 Å². The van der Waals surface area contributed by atoms with Crippen LogP contribution < -0.4 is 5.32 Å². The van der Waals surface area contributed by atoms with Crippen molar-refractivity contribution in [2.45, 2.75) is 11.4 Å². The number of halogens is 1. The fraction of sp³-hybridized carbons (Fsp3) is 0.154. The van der Waals surface area contributed by atoms with Gasteiger partial charge in [0.25, 0.3) is 0 Å². The minimum atomic E-state index is -3.13. The fourth-order valence-corrected chi connectivity index (χ4v) is 2.58. The number of sulfone groups is 1. The predicted molar refractivity (Wildman–Crippen MR) is 78.8 cm³/mol. The first-order valence-corrected chi connectivity index (χ1v) is 8.28. The third-order valence-corrected chi connectivity index (χ3v) is 4.34. The van der Waals surface area contributed by atoms with E-state index < -0.39 is 9.84 Å². The number of anilines is 1. The quantitative estimate of drug-likeness (QED) is 0.929. The van der Waals surface area contributed by atoms with E-state index in [1.807, 2.05) is 12.1 Å². The summed E-state index contributed by atoms with van der Waals surface area (Å²) in [5, 5.41) is 3.18. The lowest BCUT2D eigenvalue weighted by atomic mass is 10.2. The Bertz CT molecular complexity index is 669. The number of nitrogens with one attached hydrogen (secondary N) is 1. The second kappa shape index (κ2) is 5.71. The third-order valence-electron chi connectivity index (χ3n) is 2.57. The molecule has 0 spiro atoms. The van der Waals surface area contributed by atoms with Gasteiger partial charge in [-0.15, -0.1) is 0 Å². The van der Waals surface area contributed by atoms with Crippen molar-refractivity contribution >= 4 is 31.6 Å². The summed E-state index contributed by atoms with van der Waals surface area (Å²) in [6, 6.07) is 10.6. The zero-order valence-electron chi connectivity index (χ0n) is 10.3. The molecule has 1 aromatic carbocycles. The summed E-state index contributed by atoms with van der Waals surface area (Å²) in [5.41, 5.74) is 0.991. The van der Waals surface area contributed by atoms with Crippen LogP contribution in [0.15, 0.2) is 52.0 Å². The summed E-state index contributed by atoms with van der Waals surface area (Å²) in [5.74, 6) is 0.759.